The van der Waals surface area contributed by atoms with Gasteiger partial charge >= 0.3 is 6.01 Å². The molecule has 6 nitrogen and oxygen atoms in total. The number of anilines is 1. The summed E-state index contributed by atoms with van der Waals surface area (Å²) >= 11 is 3.39. The summed E-state index contributed by atoms with van der Waals surface area (Å²) in [5.74, 6) is -1.01. The van der Waals surface area contributed by atoms with Gasteiger partial charge in [-0.1, -0.05) is 36.4 Å². The molecule has 0 amide bonds. The average molecular weight is 643 g/mol. The summed E-state index contributed by atoms with van der Waals surface area (Å²) in [6, 6.07) is 11.8. The van der Waals surface area contributed by atoms with Crippen LogP contribution in [-0.2, 0) is 6.54 Å². The van der Waals surface area contributed by atoms with Gasteiger partial charge in [0.1, 0.15) is 29.9 Å². The lowest BCUT2D eigenvalue weighted by Crippen LogP contribution is -2.59. The van der Waals surface area contributed by atoms with E-state index in [9.17, 15) is 8.78 Å². The average Bonchev–Trinajstić information content (AvgIpc) is 3.60. The fraction of sp³-hybridized carbons (Fsp3) is 0.500. The molecule has 4 aliphatic rings. The maximum absolute atomic E-state index is 15.4. The standard InChI is InChI=1S/C32H35BrF3N5O/c1-2-7-25-26-11-10-22(40(26)16-20-8-4-3-5-9-20)18-41(25)30-27-28(33)23(35)14-24(36)29(27)37-31(38-30)42-19-32-12-6-13-39(32)17-21(34)15-32/h2-5,8-9,14,21-22,25-26H,1,6-7,10-13,15-19H2/t21-,22+,25-,26?,32+/m1/s1. The Bertz CT molecular complexity index is 1490. The Kier molecular flexibility index (Phi) is 7.43. The SMILES string of the molecule is C=CC[C@@H]1C2CC[C@@H](CN1c1nc(OC[C@@]34CCCN3C[C@H](F)C4)nc3c(F)cc(F)c(Br)c13)N2Cc1ccccc1. The molecule has 5 atom stereocenters. The van der Waals surface area contributed by atoms with Crippen LogP contribution < -0.4 is 9.64 Å². The number of hydrogen-bond acceptors (Lipinski definition) is 6. The van der Waals surface area contributed by atoms with Crippen LogP contribution in [-0.4, -0.2) is 75.8 Å². The van der Waals surface area contributed by atoms with Gasteiger partial charge in [-0.15, -0.1) is 6.58 Å². The molecule has 0 aliphatic carbocycles. The molecule has 4 saturated heterocycles. The summed E-state index contributed by atoms with van der Waals surface area (Å²) in [6.45, 7) is 7.02. The molecule has 5 heterocycles. The molecule has 0 N–H and O–H groups in total. The minimum Gasteiger partial charge on any atom is -0.461 e. The van der Waals surface area contributed by atoms with Gasteiger partial charge < -0.3 is 9.64 Å². The third-order valence-electron chi connectivity index (χ3n) is 9.84. The third-order valence-corrected chi connectivity index (χ3v) is 10.6. The summed E-state index contributed by atoms with van der Waals surface area (Å²) in [5, 5.41) is 0.301. The second kappa shape index (κ2) is 11.1. The maximum Gasteiger partial charge on any atom is 0.319 e. The summed E-state index contributed by atoms with van der Waals surface area (Å²) in [6.07, 6.45) is 6.00. The van der Waals surface area contributed by atoms with Crippen LogP contribution in [0.4, 0.5) is 19.0 Å². The lowest BCUT2D eigenvalue weighted by atomic mass is 9.95. The van der Waals surface area contributed by atoms with Gasteiger partial charge in [-0.25, -0.2) is 13.2 Å². The molecule has 4 aliphatic heterocycles. The molecular weight excluding hydrogens is 607 g/mol. The van der Waals surface area contributed by atoms with E-state index in [4.69, 9.17) is 9.72 Å². The molecule has 7 rings (SSSR count). The molecule has 10 heteroatoms. The van der Waals surface area contributed by atoms with E-state index in [0.717, 1.165) is 44.8 Å². The van der Waals surface area contributed by atoms with Crippen LogP contribution in [0.5, 0.6) is 6.01 Å². The molecule has 0 saturated carbocycles. The second-order valence-electron chi connectivity index (χ2n) is 12.3. The number of piperazine rings is 1. The topological polar surface area (TPSA) is 44.7 Å². The van der Waals surface area contributed by atoms with Crippen LogP contribution >= 0.6 is 15.9 Å². The van der Waals surface area contributed by atoms with Crippen molar-refractivity contribution in [3.63, 3.8) is 0 Å². The quantitative estimate of drug-likeness (QED) is 0.209. The Balaban J connectivity index is 1.27. The normalized spacial score (nSPS) is 29.4. The van der Waals surface area contributed by atoms with E-state index >= 15 is 4.39 Å². The lowest BCUT2D eigenvalue weighted by Gasteiger charge is -2.47. The molecule has 42 heavy (non-hydrogen) atoms. The molecule has 222 valence electrons. The van der Waals surface area contributed by atoms with Crippen molar-refractivity contribution >= 4 is 32.7 Å². The van der Waals surface area contributed by atoms with Gasteiger partial charge in [0, 0.05) is 50.2 Å². The molecule has 0 spiro atoms. The van der Waals surface area contributed by atoms with Crippen molar-refractivity contribution in [2.24, 2.45) is 0 Å². The molecule has 4 fully saturated rings. The van der Waals surface area contributed by atoms with E-state index in [2.05, 4.69) is 66.5 Å². The van der Waals surface area contributed by atoms with E-state index in [1.54, 1.807) is 0 Å². The molecule has 1 aromatic heterocycles. The lowest BCUT2D eigenvalue weighted by molar-refractivity contribution is 0.107. The van der Waals surface area contributed by atoms with Crippen LogP contribution in [0.25, 0.3) is 10.9 Å². The first kappa shape index (κ1) is 28.1. The van der Waals surface area contributed by atoms with E-state index in [0.29, 0.717) is 37.1 Å². The fourth-order valence-electron chi connectivity index (χ4n) is 7.97. The zero-order chi connectivity index (χ0) is 29.0. The van der Waals surface area contributed by atoms with Gasteiger partial charge in [0.25, 0.3) is 0 Å². The van der Waals surface area contributed by atoms with Crippen LogP contribution in [0, 0.1) is 11.6 Å². The Hall–Kier alpha value is -2.69. The number of nitrogens with zero attached hydrogens (tertiary/aromatic N) is 5. The van der Waals surface area contributed by atoms with Gasteiger partial charge in [-0.05, 0) is 60.1 Å². The van der Waals surface area contributed by atoms with Crippen LogP contribution in [0.2, 0.25) is 0 Å². The van der Waals surface area contributed by atoms with Crippen LogP contribution in [0.3, 0.4) is 0 Å². The van der Waals surface area contributed by atoms with Crippen molar-refractivity contribution in [2.75, 3.05) is 31.1 Å². The van der Waals surface area contributed by atoms with Gasteiger partial charge in [-0.2, -0.15) is 9.97 Å². The summed E-state index contributed by atoms with van der Waals surface area (Å²) in [7, 11) is 0. The number of hydrogen-bond donors (Lipinski definition) is 0. The maximum atomic E-state index is 15.4. The van der Waals surface area contributed by atoms with Crippen molar-refractivity contribution in [3.05, 3.63) is 70.7 Å². The van der Waals surface area contributed by atoms with E-state index in [-0.39, 0.29) is 40.7 Å². The van der Waals surface area contributed by atoms with Gasteiger partial charge in [-0.3, -0.25) is 9.80 Å². The first-order chi connectivity index (χ1) is 20.4. The highest BCUT2D eigenvalue weighted by Gasteiger charge is 2.50. The van der Waals surface area contributed by atoms with Crippen molar-refractivity contribution in [1.29, 1.82) is 0 Å². The molecule has 2 aromatic carbocycles. The zero-order valence-electron chi connectivity index (χ0n) is 23.5. The van der Waals surface area contributed by atoms with Gasteiger partial charge in [0.15, 0.2) is 5.82 Å². The minimum absolute atomic E-state index is 0.000172. The third kappa shape index (κ3) is 4.79. The highest BCUT2D eigenvalue weighted by atomic mass is 79.9. The first-order valence-corrected chi connectivity index (χ1v) is 15.7. The molecular formula is C32H35BrF3N5O. The second-order valence-corrected chi connectivity index (χ2v) is 13.1. The monoisotopic (exact) mass is 641 g/mol. The van der Waals surface area contributed by atoms with E-state index in [1.165, 1.54) is 5.56 Å². The minimum atomic E-state index is -0.888. The smallest absolute Gasteiger partial charge is 0.319 e. The molecule has 0 radical (unpaired) electrons. The fourth-order valence-corrected chi connectivity index (χ4v) is 8.45. The largest absolute Gasteiger partial charge is 0.461 e. The number of halogens is 4. The number of benzene rings is 2. The highest BCUT2D eigenvalue weighted by molar-refractivity contribution is 9.10. The van der Waals surface area contributed by atoms with Crippen molar-refractivity contribution in [2.45, 2.75) is 74.9 Å². The Morgan fingerprint density at radius 2 is 1.95 bits per heavy atom. The Labute approximate surface area is 252 Å². The first-order valence-electron chi connectivity index (χ1n) is 14.9. The zero-order valence-corrected chi connectivity index (χ0v) is 25.1. The Morgan fingerprint density at radius 3 is 2.76 bits per heavy atom. The Morgan fingerprint density at radius 1 is 1.12 bits per heavy atom. The van der Waals surface area contributed by atoms with Crippen LogP contribution in [0.1, 0.15) is 44.1 Å². The van der Waals surface area contributed by atoms with Gasteiger partial charge in [0.2, 0.25) is 0 Å². The predicted octanol–water partition coefficient (Wildman–Crippen LogP) is 6.42. The molecule has 1 unspecified atom stereocenters. The molecule has 2 bridgehead atoms. The number of alkyl halides is 1. The number of rotatable bonds is 8. The van der Waals surface area contributed by atoms with Crippen LogP contribution in [0.15, 0.2) is 53.5 Å². The van der Waals surface area contributed by atoms with Crippen molar-refractivity contribution in [1.82, 2.24) is 19.8 Å². The van der Waals surface area contributed by atoms with E-state index < -0.39 is 23.3 Å². The van der Waals surface area contributed by atoms with Crippen molar-refractivity contribution in [3.8, 4) is 6.01 Å². The highest BCUT2D eigenvalue weighted by Crippen LogP contribution is 2.44. The number of fused-ring (bicyclic) bond motifs is 4. The summed E-state index contributed by atoms with van der Waals surface area (Å²) in [5.41, 5.74) is 0.876. The number of aromatic nitrogens is 2. The summed E-state index contributed by atoms with van der Waals surface area (Å²) in [4.78, 5) is 16.2. The van der Waals surface area contributed by atoms with Gasteiger partial charge in [0.05, 0.1) is 15.4 Å². The molecule has 3 aromatic rings. The summed E-state index contributed by atoms with van der Waals surface area (Å²) < 4.78 is 51.1. The van der Waals surface area contributed by atoms with Crippen molar-refractivity contribution < 1.29 is 17.9 Å². The predicted molar refractivity (Wildman–Crippen MR) is 160 cm³/mol. The van der Waals surface area contributed by atoms with E-state index in [1.807, 2.05) is 12.1 Å². The number of ether oxygens (including phenoxy) is 1.